The molecular weight excluding hydrogens is 410 g/mol. The number of hydrogen-bond donors (Lipinski definition) is 3. The fourth-order valence-electron chi connectivity index (χ4n) is 2.87. The number of aryl methyl sites for hydroxylation is 1. The number of nitrogens with one attached hydrogen (secondary N) is 3. The summed E-state index contributed by atoms with van der Waals surface area (Å²) in [6.07, 6.45) is 0. The topological polar surface area (TPSA) is 79.5 Å². The summed E-state index contributed by atoms with van der Waals surface area (Å²) in [5.41, 5.74) is 3.35. The van der Waals surface area contributed by atoms with Gasteiger partial charge >= 0.3 is 0 Å². The van der Waals surface area contributed by atoms with Crippen LogP contribution in [-0.4, -0.2) is 23.5 Å². The second kappa shape index (κ2) is 10.4. The maximum Gasteiger partial charge on any atom is 0.257 e. The smallest absolute Gasteiger partial charge is 0.257 e. The van der Waals surface area contributed by atoms with E-state index >= 15 is 0 Å². The molecule has 0 unspecified atom stereocenters. The van der Waals surface area contributed by atoms with Crippen LogP contribution in [0.15, 0.2) is 72.8 Å². The maximum atomic E-state index is 12.4. The van der Waals surface area contributed by atoms with Gasteiger partial charge in [0.2, 0.25) is 0 Å². The molecule has 0 atom stereocenters. The van der Waals surface area contributed by atoms with Crippen LogP contribution in [0, 0.1) is 6.92 Å². The molecule has 0 heterocycles. The maximum absolute atomic E-state index is 12.4. The van der Waals surface area contributed by atoms with Crippen molar-refractivity contribution >= 4 is 40.5 Å². The predicted molar refractivity (Wildman–Crippen MR) is 127 cm³/mol. The van der Waals surface area contributed by atoms with E-state index in [2.05, 4.69) is 16.0 Å². The first-order valence-corrected chi connectivity index (χ1v) is 10.2. The van der Waals surface area contributed by atoms with Crippen LogP contribution < -0.4 is 20.7 Å². The largest absolute Gasteiger partial charge is 0.494 e. The first-order valence-electron chi connectivity index (χ1n) is 9.78. The van der Waals surface area contributed by atoms with Gasteiger partial charge in [0.15, 0.2) is 5.11 Å². The van der Waals surface area contributed by atoms with Crippen molar-refractivity contribution in [3.05, 3.63) is 89.5 Å². The molecule has 6 nitrogen and oxygen atoms in total. The second-order valence-corrected chi connectivity index (χ2v) is 7.12. The monoisotopic (exact) mass is 433 g/mol. The highest BCUT2D eigenvalue weighted by atomic mass is 32.1. The zero-order chi connectivity index (χ0) is 22.2. The van der Waals surface area contributed by atoms with Gasteiger partial charge in [-0.2, -0.15) is 0 Å². The molecule has 31 heavy (non-hydrogen) atoms. The molecule has 0 saturated carbocycles. The quantitative estimate of drug-likeness (QED) is 0.488. The third-order valence-corrected chi connectivity index (χ3v) is 4.65. The third-order valence-electron chi connectivity index (χ3n) is 4.44. The fraction of sp³-hybridized carbons (Fsp3) is 0.125. The number of amides is 2. The normalized spacial score (nSPS) is 10.1. The number of hydrogen-bond acceptors (Lipinski definition) is 4. The third kappa shape index (κ3) is 6.13. The Hall–Kier alpha value is -3.71. The van der Waals surface area contributed by atoms with Crippen molar-refractivity contribution in [2.24, 2.45) is 0 Å². The van der Waals surface area contributed by atoms with E-state index in [0.29, 0.717) is 34.9 Å². The minimum absolute atomic E-state index is 0.169. The first-order chi connectivity index (χ1) is 15.0. The Labute approximate surface area is 186 Å². The average Bonchev–Trinajstić information content (AvgIpc) is 2.76. The van der Waals surface area contributed by atoms with Gasteiger partial charge in [-0.05, 0) is 86.2 Å². The number of rotatable bonds is 6. The second-order valence-electron chi connectivity index (χ2n) is 6.71. The minimum atomic E-state index is -0.317. The van der Waals surface area contributed by atoms with Crippen molar-refractivity contribution in [3.63, 3.8) is 0 Å². The lowest BCUT2D eigenvalue weighted by molar-refractivity contribution is 0.0976. The average molecular weight is 434 g/mol. The lowest BCUT2D eigenvalue weighted by atomic mass is 10.1. The van der Waals surface area contributed by atoms with E-state index in [1.807, 2.05) is 32.0 Å². The van der Waals surface area contributed by atoms with Crippen LogP contribution in [-0.2, 0) is 0 Å². The summed E-state index contributed by atoms with van der Waals surface area (Å²) in [4.78, 5) is 24.7. The van der Waals surface area contributed by atoms with Gasteiger partial charge in [0.1, 0.15) is 5.75 Å². The molecule has 0 aromatic heterocycles. The Balaban J connectivity index is 1.54. The molecule has 0 aliphatic rings. The van der Waals surface area contributed by atoms with E-state index in [9.17, 15) is 9.59 Å². The van der Waals surface area contributed by atoms with Gasteiger partial charge in [-0.25, -0.2) is 0 Å². The van der Waals surface area contributed by atoms with Gasteiger partial charge in [-0.15, -0.1) is 0 Å². The summed E-state index contributed by atoms with van der Waals surface area (Å²) in [5.74, 6) is 0.217. The SMILES string of the molecule is CCOc1ccc(C(=O)NC(=S)Nc2ccc(NC(=O)c3ccccc3C)cc2)cc1. The fourth-order valence-corrected chi connectivity index (χ4v) is 3.08. The summed E-state index contributed by atoms with van der Waals surface area (Å²) < 4.78 is 5.37. The summed E-state index contributed by atoms with van der Waals surface area (Å²) in [5, 5.41) is 8.64. The molecule has 0 bridgehead atoms. The van der Waals surface area contributed by atoms with Crippen LogP contribution in [0.5, 0.6) is 5.75 Å². The molecule has 0 saturated heterocycles. The minimum Gasteiger partial charge on any atom is -0.494 e. The zero-order valence-corrected chi connectivity index (χ0v) is 18.1. The molecule has 2 amide bonds. The van der Waals surface area contributed by atoms with Crippen molar-refractivity contribution in [1.82, 2.24) is 5.32 Å². The molecule has 3 N–H and O–H groups in total. The van der Waals surface area contributed by atoms with Gasteiger partial charge in [0.25, 0.3) is 11.8 Å². The van der Waals surface area contributed by atoms with Crippen molar-refractivity contribution < 1.29 is 14.3 Å². The first kappa shape index (κ1) is 22.0. The standard InChI is InChI=1S/C24H23N3O3S/c1-3-30-20-14-8-17(9-15-20)22(28)27-24(31)26-19-12-10-18(11-13-19)25-23(29)21-7-5-4-6-16(21)2/h4-15H,3H2,1-2H3,(H,25,29)(H2,26,27,28,31). The molecule has 0 fully saturated rings. The van der Waals surface area contributed by atoms with Gasteiger partial charge in [0.05, 0.1) is 6.61 Å². The summed E-state index contributed by atoms with van der Waals surface area (Å²) >= 11 is 5.22. The predicted octanol–water partition coefficient (Wildman–Crippen LogP) is 4.77. The van der Waals surface area contributed by atoms with Crippen molar-refractivity contribution in [1.29, 1.82) is 0 Å². The van der Waals surface area contributed by atoms with Gasteiger partial charge in [-0.1, -0.05) is 18.2 Å². The van der Waals surface area contributed by atoms with Crippen molar-refractivity contribution in [2.45, 2.75) is 13.8 Å². The molecule has 0 spiro atoms. The molecule has 3 aromatic rings. The van der Waals surface area contributed by atoms with E-state index < -0.39 is 0 Å². The Morgan fingerprint density at radius 2 is 1.45 bits per heavy atom. The lowest BCUT2D eigenvalue weighted by Gasteiger charge is -2.11. The van der Waals surface area contributed by atoms with Crippen molar-refractivity contribution in [3.8, 4) is 5.75 Å². The van der Waals surface area contributed by atoms with E-state index in [1.54, 1.807) is 54.6 Å². The summed E-state index contributed by atoms with van der Waals surface area (Å²) in [6.45, 7) is 4.35. The van der Waals surface area contributed by atoms with E-state index in [-0.39, 0.29) is 16.9 Å². The Bertz CT molecular complexity index is 1080. The van der Waals surface area contributed by atoms with Crippen LogP contribution >= 0.6 is 12.2 Å². The highest BCUT2D eigenvalue weighted by Gasteiger charge is 2.10. The van der Waals surface area contributed by atoms with E-state index in [0.717, 1.165) is 5.56 Å². The Kier molecular flexibility index (Phi) is 7.35. The number of anilines is 2. The van der Waals surface area contributed by atoms with Crippen LogP contribution in [0.1, 0.15) is 33.2 Å². The van der Waals surface area contributed by atoms with E-state index in [4.69, 9.17) is 17.0 Å². The van der Waals surface area contributed by atoms with Crippen LogP contribution in [0.2, 0.25) is 0 Å². The van der Waals surface area contributed by atoms with Gasteiger partial charge in [-0.3, -0.25) is 14.9 Å². The van der Waals surface area contributed by atoms with Crippen LogP contribution in [0.4, 0.5) is 11.4 Å². The van der Waals surface area contributed by atoms with Crippen LogP contribution in [0.25, 0.3) is 0 Å². The molecule has 3 rings (SSSR count). The number of carbonyl (C=O) groups is 2. The zero-order valence-electron chi connectivity index (χ0n) is 17.3. The molecule has 0 aliphatic heterocycles. The highest BCUT2D eigenvalue weighted by molar-refractivity contribution is 7.80. The number of ether oxygens (including phenoxy) is 1. The Morgan fingerprint density at radius 1 is 0.839 bits per heavy atom. The van der Waals surface area contributed by atoms with Crippen molar-refractivity contribution in [2.75, 3.05) is 17.2 Å². The van der Waals surface area contributed by atoms with Gasteiger partial charge < -0.3 is 15.4 Å². The number of benzene rings is 3. The number of carbonyl (C=O) groups excluding carboxylic acids is 2. The summed E-state index contributed by atoms with van der Waals surface area (Å²) in [6, 6.07) is 21.3. The molecule has 158 valence electrons. The van der Waals surface area contributed by atoms with E-state index in [1.165, 1.54) is 0 Å². The molecular formula is C24H23N3O3S. The summed E-state index contributed by atoms with van der Waals surface area (Å²) in [7, 11) is 0. The number of thiocarbonyl (C=S) groups is 1. The molecule has 3 aromatic carbocycles. The molecule has 0 aliphatic carbocycles. The Morgan fingerprint density at radius 3 is 2.06 bits per heavy atom. The molecule has 7 heteroatoms. The van der Waals surface area contributed by atoms with Crippen LogP contribution in [0.3, 0.4) is 0 Å². The molecule has 0 radical (unpaired) electrons. The highest BCUT2D eigenvalue weighted by Crippen LogP contribution is 2.16. The lowest BCUT2D eigenvalue weighted by Crippen LogP contribution is -2.34. The van der Waals surface area contributed by atoms with Gasteiger partial charge in [0, 0.05) is 22.5 Å².